The number of benzene rings is 4. The molecule has 3 amide bonds. The number of rotatable bonds is 7. The first-order valence-corrected chi connectivity index (χ1v) is 16.9. The molecular weight excluding hydrogens is 585 g/mol. The van der Waals surface area contributed by atoms with Crippen LogP contribution in [0.15, 0.2) is 118 Å². The zero-order valence-corrected chi connectivity index (χ0v) is 26.4. The predicted molar refractivity (Wildman–Crippen MR) is 181 cm³/mol. The van der Waals surface area contributed by atoms with Gasteiger partial charge < -0.3 is 15.5 Å². The summed E-state index contributed by atoms with van der Waals surface area (Å²) >= 11 is 3.63. The predicted octanol–water partition coefficient (Wildman–Crippen LogP) is 6.80. The summed E-state index contributed by atoms with van der Waals surface area (Å²) in [5.41, 5.74) is 5.05. The topological polar surface area (TPSA) is 64.7 Å². The van der Waals surface area contributed by atoms with Gasteiger partial charge in [-0.2, -0.15) is 0 Å². The average molecular weight is 621 g/mol. The molecular formula is C36H36N4O2S2. The van der Waals surface area contributed by atoms with Crippen molar-refractivity contribution >= 4 is 47.1 Å². The molecule has 0 radical (unpaired) electrons. The summed E-state index contributed by atoms with van der Waals surface area (Å²) < 4.78 is 0. The Balaban J connectivity index is 1.07. The largest absolute Gasteiger partial charge is 0.335 e. The van der Waals surface area contributed by atoms with Crippen molar-refractivity contribution in [2.75, 3.05) is 39.1 Å². The second-order valence-electron chi connectivity index (χ2n) is 10.9. The van der Waals surface area contributed by atoms with Crippen molar-refractivity contribution < 1.29 is 9.59 Å². The smallest absolute Gasteiger partial charge is 0.318 e. The van der Waals surface area contributed by atoms with Crippen LogP contribution in [0.1, 0.15) is 28.3 Å². The van der Waals surface area contributed by atoms with E-state index in [4.69, 9.17) is 0 Å². The highest BCUT2D eigenvalue weighted by molar-refractivity contribution is 7.99. The first-order chi connectivity index (χ1) is 21.6. The van der Waals surface area contributed by atoms with E-state index in [9.17, 15) is 9.59 Å². The van der Waals surface area contributed by atoms with E-state index in [1.807, 2.05) is 83.4 Å². The van der Waals surface area contributed by atoms with Gasteiger partial charge in [0.05, 0.1) is 6.67 Å². The van der Waals surface area contributed by atoms with Gasteiger partial charge in [-0.05, 0) is 65.3 Å². The molecule has 2 aliphatic heterocycles. The van der Waals surface area contributed by atoms with Crippen molar-refractivity contribution in [1.29, 1.82) is 0 Å². The number of hydrogen-bond acceptors (Lipinski definition) is 5. The van der Waals surface area contributed by atoms with Gasteiger partial charge in [-0.1, -0.05) is 90.6 Å². The third-order valence-corrected chi connectivity index (χ3v) is 10.1. The molecule has 224 valence electrons. The molecule has 2 aliphatic rings. The Morgan fingerprint density at radius 2 is 1.55 bits per heavy atom. The lowest BCUT2D eigenvalue weighted by Gasteiger charge is -2.39. The minimum atomic E-state index is -0.236. The van der Waals surface area contributed by atoms with Crippen LogP contribution >= 0.6 is 23.5 Å². The van der Waals surface area contributed by atoms with Gasteiger partial charge in [0.25, 0.3) is 5.91 Å². The summed E-state index contributed by atoms with van der Waals surface area (Å²) in [4.78, 5) is 34.6. The van der Waals surface area contributed by atoms with E-state index < -0.39 is 0 Å². The second-order valence-corrected chi connectivity index (χ2v) is 12.8. The number of nitrogens with zero attached hydrogens (tertiary/aromatic N) is 2. The lowest BCUT2D eigenvalue weighted by atomic mass is 9.96. The van der Waals surface area contributed by atoms with E-state index in [-0.39, 0.29) is 24.6 Å². The summed E-state index contributed by atoms with van der Waals surface area (Å²) in [5.74, 6) is -0.236. The first-order valence-electron chi connectivity index (χ1n) is 14.9. The van der Waals surface area contributed by atoms with E-state index in [0.717, 1.165) is 30.6 Å². The van der Waals surface area contributed by atoms with Crippen molar-refractivity contribution in [2.45, 2.75) is 27.1 Å². The molecule has 4 aromatic rings. The Morgan fingerprint density at radius 3 is 2.30 bits per heavy atom. The SMILES string of the molecule is CSc1ccc2c(c1)C(N1CCN(C(=O)NCNC(=O)/C(=C/c3ccccc3)c3ccccc3)CC1)Cc1ccccc1S2. The van der Waals surface area contributed by atoms with Crippen LogP contribution in [0.5, 0.6) is 0 Å². The molecule has 6 nitrogen and oxygen atoms in total. The maximum absolute atomic E-state index is 13.2. The normalized spacial score (nSPS) is 16.8. The first kappa shape index (κ1) is 30.1. The van der Waals surface area contributed by atoms with Crippen LogP contribution in [-0.2, 0) is 11.2 Å². The second kappa shape index (κ2) is 14.2. The van der Waals surface area contributed by atoms with Crippen LogP contribution in [0.2, 0.25) is 0 Å². The van der Waals surface area contributed by atoms with Gasteiger partial charge in [0, 0.05) is 52.5 Å². The fourth-order valence-corrected chi connectivity index (χ4v) is 7.36. The van der Waals surface area contributed by atoms with Gasteiger partial charge in [0.15, 0.2) is 0 Å². The van der Waals surface area contributed by atoms with Gasteiger partial charge in [0.2, 0.25) is 0 Å². The van der Waals surface area contributed by atoms with E-state index in [1.54, 1.807) is 11.8 Å². The fourth-order valence-electron chi connectivity index (χ4n) is 5.80. The third kappa shape index (κ3) is 7.04. The van der Waals surface area contributed by atoms with Crippen molar-refractivity contribution in [1.82, 2.24) is 20.4 Å². The van der Waals surface area contributed by atoms with Crippen LogP contribution in [-0.4, -0.2) is 60.8 Å². The van der Waals surface area contributed by atoms with Crippen molar-refractivity contribution in [3.63, 3.8) is 0 Å². The molecule has 0 aliphatic carbocycles. The summed E-state index contributed by atoms with van der Waals surface area (Å²) in [7, 11) is 0. The fraction of sp³-hybridized carbons (Fsp3) is 0.222. The van der Waals surface area contributed by atoms with E-state index in [0.29, 0.717) is 18.7 Å². The monoisotopic (exact) mass is 620 g/mol. The molecule has 0 bridgehead atoms. The molecule has 1 saturated heterocycles. The molecule has 1 unspecified atom stereocenters. The maximum Gasteiger partial charge on any atom is 0.318 e. The lowest BCUT2D eigenvalue weighted by Crippen LogP contribution is -2.54. The number of thioether (sulfide) groups is 1. The summed E-state index contributed by atoms with van der Waals surface area (Å²) in [6.07, 6.45) is 4.94. The van der Waals surface area contributed by atoms with Gasteiger partial charge in [-0.3, -0.25) is 9.69 Å². The average Bonchev–Trinajstić information content (AvgIpc) is 3.24. The van der Waals surface area contributed by atoms with Crippen LogP contribution in [0.3, 0.4) is 0 Å². The third-order valence-electron chi connectivity index (χ3n) is 8.15. The molecule has 1 fully saturated rings. The zero-order valence-electron chi connectivity index (χ0n) is 24.7. The number of urea groups is 1. The van der Waals surface area contributed by atoms with Crippen LogP contribution in [0, 0.1) is 0 Å². The minimum Gasteiger partial charge on any atom is -0.335 e. The highest BCUT2D eigenvalue weighted by Gasteiger charge is 2.31. The van der Waals surface area contributed by atoms with Crippen LogP contribution in [0.4, 0.5) is 4.79 Å². The number of piperazine rings is 1. The Bertz CT molecular complexity index is 1640. The quantitative estimate of drug-likeness (QED) is 0.103. The van der Waals surface area contributed by atoms with E-state index in [2.05, 4.69) is 64.3 Å². The molecule has 0 aromatic heterocycles. The Kier molecular flexibility index (Phi) is 9.70. The maximum atomic E-state index is 13.2. The number of nitrogens with one attached hydrogen (secondary N) is 2. The number of fused-ring (bicyclic) bond motifs is 2. The number of hydrogen-bond donors (Lipinski definition) is 2. The molecule has 4 aromatic carbocycles. The van der Waals surface area contributed by atoms with E-state index in [1.165, 1.54) is 25.8 Å². The van der Waals surface area contributed by atoms with E-state index >= 15 is 0 Å². The summed E-state index contributed by atoms with van der Waals surface area (Å²) in [6, 6.07) is 35.0. The highest BCUT2D eigenvalue weighted by Crippen LogP contribution is 2.44. The highest BCUT2D eigenvalue weighted by atomic mass is 32.2. The molecule has 2 N–H and O–H groups in total. The molecule has 0 spiro atoms. The number of amides is 3. The molecule has 6 rings (SSSR count). The number of carbonyl (C=O) groups excluding carboxylic acids is 2. The number of carbonyl (C=O) groups is 2. The van der Waals surface area contributed by atoms with Crippen molar-refractivity contribution in [2.24, 2.45) is 0 Å². The van der Waals surface area contributed by atoms with Gasteiger partial charge >= 0.3 is 6.03 Å². The Labute approximate surface area is 267 Å². The van der Waals surface area contributed by atoms with Crippen molar-refractivity contribution in [3.05, 3.63) is 125 Å². The lowest BCUT2D eigenvalue weighted by molar-refractivity contribution is -0.115. The van der Waals surface area contributed by atoms with Gasteiger partial charge in [-0.15, -0.1) is 11.8 Å². The molecule has 1 atom stereocenters. The molecule has 44 heavy (non-hydrogen) atoms. The van der Waals surface area contributed by atoms with Crippen LogP contribution < -0.4 is 10.6 Å². The minimum absolute atomic E-state index is 0.0539. The van der Waals surface area contributed by atoms with Crippen LogP contribution in [0.25, 0.3) is 11.6 Å². The van der Waals surface area contributed by atoms with Crippen molar-refractivity contribution in [3.8, 4) is 0 Å². The Morgan fingerprint density at radius 1 is 0.841 bits per heavy atom. The zero-order chi connectivity index (χ0) is 30.3. The molecule has 8 heteroatoms. The Hall–Kier alpha value is -3.98. The van der Waals surface area contributed by atoms with Gasteiger partial charge in [-0.25, -0.2) is 4.79 Å². The standard InChI is InChI=1S/C36H36N4O2S2/c1-43-29-16-17-34-31(24-29)32(23-28-14-8-9-15-33(28)44-34)39-18-20-40(21-19-39)36(42)38-25-37-35(41)30(27-12-6-3-7-13-27)22-26-10-4-2-5-11-26/h2-17,22,24,32H,18-21,23,25H2,1H3,(H,37,41)(H,38,42)/b30-22+. The molecule has 0 saturated carbocycles. The summed E-state index contributed by atoms with van der Waals surface area (Å²) in [6.45, 7) is 2.90. The van der Waals surface area contributed by atoms with Gasteiger partial charge in [0.1, 0.15) is 0 Å². The molecule has 2 heterocycles. The summed E-state index contributed by atoms with van der Waals surface area (Å²) in [5, 5.41) is 5.79.